The molecule has 18 heavy (non-hydrogen) atoms. The van der Waals surface area contributed by atoms with Crippen LogP contribution in [0.1, 0.15) is 24.2 Å². The first-order valence-corrected chi connectivity index (χ1v) is 6.75. The minimum absolute atomic E-state index is 0.110. The zero-order chi connectivity index (χ0) is 13.9. The molecule has 0 radical (unpaired) electrons. The van der Waals surface area contributed by atoms with Gasteiger partial charge in [0.2, 0.25) is 0 Å². The molecule has 0 bridgehead atoms. The number of carbonyl (C=O) groups is 1. The van der Waals surface area contributed by atoms with Crippen molar-refractivity contribution in [2.45, 2.75) is 13.8 Å². The van der Waals surface area contributed by atoms with Crippen LogP contribution in [0.25, 0.3) is 0 Å². The van der Waals surface area contributed by atoms with Gasteiger partial charge in [0.1, 0.15) is 5.82 Å². The molecule has 0 saturated heterocycles. The Labute approximate surface area is 121 Å². The number of amides is 1. The summed E-state index contributed by atoms with van der Waals surface area (Å²) in [5.41, 5.74) is 6.05. The molecule has 5 heteroatoms. The van der Waals surface area contributed by atoms with E-state index >= 15 is 0 Å². The van der Waals surface area contributed by atoms with Crippen LogP contribution in [-0.4, -0.2) is 30.9 Å². The van der Waals surface area contributed by atoms with E-state index in [4.69, 9.17) is 5.73 Å². The summed E-state index contributed by atoms with van der Waals surface area (Å²) >= 11 is 1.97. The minimum Gasteiger partial charge on any atom is -0.341 e. The zero-order valence-electron chi connectivity index (χ0n) is 10.8. The fraction of sp³-hybridized carbons (Fsp3) is 0.462. The van der Waals surface area contributed by atoms with Gasteiger partial charge in [-0.05, 0) is 52.7 Å². The molecule has 0 aliphatic heterocycles. The second-order valence-electron chi connectivity index (χ2n) is 5.15. The van der Waals surface area contributed by atoms with Crippen LogP contribution in [-0.2, 0) is 0 Å². The van der Waals surface area contributed by atoms with Crippen molar-refractivity contribution >= 4 is 28.5 Å². The van der Waals surface area contributed by atoms with Crippen LogP contribution in [0.4, 0.5) is 4.39 Å². The Kier molecular flexibility index (Phi) is 5.10. The molecule has 2 N–H and O–H groups in total. The van der Waals surface area contributed by atoms with Crippen molar-refractivity contribution in [2.24, 2.45) is 11.1 Å². The number of nitrogens with two attached hydrogens (primary N) is 1. The van der Waals surface area contributed by atoms with Gasteiger partial charge < -0.3 is 10.6 Å². The van der Waals surface area contributed by atoms with Crippen LogP contribution >= 0.6 is 22.6 Å². The molecule has 0 atom stereocenters. The van der Waals surface area contributed by atoms with Crippen molar-refractivity contribution in [1.82, 2.24) is 4.90 Å². The summed E-state index contributed by atoms with van der Waals surface area (Å²) in [6.45, 7) is 5.08. The van der Waals surface area contributed by atoms with Gasteiger partial charge in [0.05, 0.1) is 5.56 Å². The van der Waals surface area contributed by atoms with Crippen LogP contribution in [0.15, 0.2) is 18.2 Å². The molecular weight excluding hydrogens is 346 g/mol. The van der Waals surface area contributed by atoms with E-state index in [1.165, 1.54) is 18.2 Å². The molecule has 1 aromatic rings. The molecule has 0 spiro atoms. The van der Waals surface area contributed by atoms with Gasteiger partial charge in [0.15, 0.2) is 0 Å². The summed E-state index contributed by atoms with van der Waals surface area (Å²) in [6.07, 6.45) is 0. The fourth-order valence-electron chi connectivity index (χ4n) is 1.65. The molecule has 1 aromatic carbocycles. The number of benzene rings is 1. The zero-order valence-corrected chi connectivity index (χ0v) is 13.0. The molecule has 0 unspecified atom stereocenters. The lowest BCUT2D eigenvalue weighted by atomic mass is 9.93. The highest BCUT2D eigenvalue weighted by molar-refractivity contribution is 14.1. The summed E-state index contributed by atoms with van der Waals surface area (Å²) in [7, 11) is 1.74. The Balaban J connectivity index is 2.87. The van der Waals surface area contributed by atoms with E-state index in [2.05, 4.69) is 0 Å². The smallest absolute Gasteiger partial charge is 0.254 e. The van der Waals surface area contributed by atoms with Crippen molar-refractivity contribution in [2.75, 3.05) is 20.1 Å². The topological polar surface area (TPSA) is 46.3 Å². The van der Waals surface area contributed by atoms with Gasteiger partial charge in [0, 0.05) is 17.2 Å². The lowest BCUT2D eigenvalue weighted by Crippen LogP contribution is -2.40. The van der Waals surface area contributed by atoms with Crippen LogP contribution in [0.5, 0.6) is 0 Å². The van der Waals surface area contributed by atoms with E-state index in [1.807, 2.05) is 36.4 Å². The van der Waals surface area contributed by atoms with Crippen molar-refractivity contribution in [3.05, 3.63) is 33.1 Å². The summed E-state index contributed by atoms with van der Waals surface area (Å²) < 4.78 is 13.6. The lowest BCUT2D eigenvalue weighted by Gasteiger charge is -2.29. The maximum absolute atomic E-state index is 13.0. The lowest BCUT2D eigenvalue weighted by molar-refractivity contribution is 0.0739. The summed E-state index contributed by atoms with van der Waals surface area (Å²) in [6, 6.07) is 4.18. The summed E-state index contributed by atoms with van der Waals surface area (Å²) in [4.78, 5) is 13.9. The molecule has 0 fully saturated rings. The minimum atomic E-state index is -0.333. The van der Waals surface area contributed by atoms with E-state index in [0.717, 1.165) is 0 Å². The van der Waals surface area contributed by atoms with Gasteiger partial charge >= 0.3 is 0 Å². The van der Waals surface area contributed by atoms with E-state index in [9.17, 15) is 9.18 Å². The number of hydrogen-bond acceptors (Lipinski definition) is 2. The second-order valence-corrected chi connectivity index (χ2v) is 6.32. The maximum atomic E-state index is 13.0. The van der Waals surface area contributed by atoms with Crippen molar-refractivity contribution in [3.8, 4) is 0 Å². The maximum Gasteiger partial charge on any atom is 0.254 e. The van der Waals surface area contributed by atoms with Crippen molar-refractivity contribution in [1.29, 1.82) is 0 Å². The average molecular weight is 364 g/mol. The third-order valence-corrected chi connectivity index (χ3v) is 3.62. The number of hydrogen-bond donors (Lipinski definition) is 1. The standard InChI is InChI=1S/C13H18FIN2O/c1-13(2,7-16)8-17(3)12(18)10-5-4-9(14)6-11(10)15/h4-6H,7-8,16H2,1-3H3. The first-order chi connectivity index (χ1) is 8.26. The van der Waals surface area contributed by atoms with Gasteiger partial charge in [-0.3, -0.25) is 4.79 Å². The van der Waals surface area contributed by atoms with E-state index in [0.29, 0.717) is 22.2 Å². The van der Waals surface area contributed by atoms with Gasteiger partial charge in [-0.25, -0.2) is 4.39 Å². The van der Waals surface area contributed by atoms with E-state index < -0.39 is 0 Å². The molecule has 0 heterocycles. The number of nitrogens with zero attached hydrogens (tertiary/aromatic N) is 1. The van der Waals surface area contributed by atoms with Crippen molar-refractivity contribution < 1.29 is 9.18 Å². The normalized spacial score (nSPS) is 11.4. The number of rotatable bonds is 4. The van der Waals surface area contributed by atoms with Crippen molar-refractivity contribution in [3.63, 3.8) is 0 Å². The number of carbonyl (C=O) groups excluding carboxylic acids is 1. The average Bonchev–Trinajstić information content (AvgIpc) is 2.27. The Bertz CT molecular complexity index is 449. The molecule has 1 rings (SSSR count). The van der Waals surface area contributed by atoms with Gasteiger partial charge in [-0.15, -0.1) is 0 Å². The first kappa shape index (κ1) is 15.4. The van der Waals surface area contributed by atoms with E-state index in [1.54, 1.807) is 11.9 Å². The summed E-state index contributed by atoms with van der Waals surface area (Å²) in [5, 5.41) is 0. The first-order valence-electron chi connectivity index (χ1n) is 5.67. The highest BCUT2D eigenvalue weighted by Crippen LogP contribution is 2.19. The van der Waals surface area contributed by atoms with E-state index in [-0.39, 0.29) is 17.1 Å². The molecule has 0 saturated carbocycles. The predicted molar refractivity (Wildman–Crippen MR) is 78.9 cm³/mol. The molecule has 100 valence electrons. The molecule has 0 aliphatic rings. The largest absolute Gasteiger partial charge is 0.341 e. The SMILES string of the molecule is CN(CC(C)(C)CN)C(=O)c1ccc(F)cc1I. The van der Waals surface area contributed by atoms with Crippen LogP contribution in [0.2, 0.25) is 0 Å². The molecule has 0 aromatic heterocycles. The number of halogens is 2. The highest BCUT2D eigenvalue weighted by Gasteiger charge is 2.23. The van der Waals surface area contributed by atoms with Crippen LogP contribution in [0.3, 0.4) is 0 Å². The van der Waals surface area contributed by atoms with Gasteiger partial charge in [-0.1, -0.05) is 13.8 Å². The Morgan fingerprint density at radius 2 is 2.11 bits per heavy atom. The third kappa shape index (κ3) is 3.91. The van der Waals surface area contributed by atoms with Crippen LogP contribution in [0, 0.1) is 14.8 Å². The molecule has 3 nitrogen and oxygen atoms in total. The molecule has 1 amide bonds. The van der Waals surface area contributed by atoms with Crippen LogP contribution < -0.4 is 5.73 Å². The Morgan fingerprint density at radius 3 is 2.61 bits per heavy atom. The molecular formula is C13H18FIN2O. The monoisotopic (exact) mass is 364 g/mol. The molecule has 0 aliphatic carbocycles. The Hall–Kier alpha value is -0.690. The second kappa shape index (κ2) is 5.97. The highest BCUT2D eigenvalue weighted by atomic mass is 127. The predicted octanol–water partition coefficient (Wildman–Crippen LogP) is 2.49. The fourth-order valence-corrected chi connectivity index (χ4v) is 2.35. The quantitative estimate of drug-likeness (QED) is 0.835. The van der Waals surface area contributed by atoms with Gasteiger partial charge in [-0.2, -0.15) is 0 Å². The summed E-state index contributed by atoms with van der Waals surface area (Å²) in [5.74, 6) is -0.443. The Morgan fingerprint density at radius 1 is 1.50 bits per heavy atom. The third-order valence-electron chi connectivity index (χ3n) is 2.73. The van der Waals surface area contributed by atoms with Gasteiger partial charge in [0.25, 0.3) is 5.91 Å².